The number of hydrogen-bond acceptors (Lipinski definition) is 3. The zero-order valence-electron chi connectivity index (χ0n) is 8.11. The number of benzene rings is 1. The highest BCUT2D eigenvalue weighted by molar-refractivity contribution is 5.72. The van der Waals surface area contributed by atoms with Gasteiger partial charge in [-0.2, -0.15) is 0 Å². The lowest BCUT2D eigenvalue weighted by Crippen LogP contribution is -1.93. The van der Waals surface area contributed by atoms with E-state index in [1.165, 1.54) is 12.1 Å². The Morgan fingerprint density at radius 3 is 2.56 bits per heavy atom. The number of pyridine rings is 1. The van der Waals surface area contributed by atoms with E-state index in [1.807, 2.05) is 0 Å². The van der Waals surface area contributed by atoms with Gasteiger partial charge in [0.05, 0.1) is 6.20 Å². The number of phenolic OH excluding ortho intramolecular Hbond substituents is 1. The maximum Gasteiger partial charge on any atom is 0.149 e. The zero-order chi connectivity index (χ0) is 11.7. The molecule has 1 aromatic carbocycles. The number of nitrogens with two attached hydrogens (primary N) is 1. The lowest BCUT2D eigenvalue weighted by molar-refractivity contribution is 0.470. The minimum absolute atomic E-state index is 0.0880. The van der Waals surface area contributed by atoms with E-state index in [9.17, 15) is 13.9 Å². The molecule has 0 fully saturated rings. The van der Waals surface area contributed by atoms with Crippen LogP contribution >= 0.6 is 0 Å². The van der Waals surface area contributed by atoms with Crippen molar-refractivity contribution in [2.45, 2.75) is 0 Å². The summed E-state index contributed by atoms with van der Waals surface area (Å²) in [5.41, 5.74) is 5.67. The summed E-state index contributed by atoms with van der Waals surface area (Å²) in [5.74, 6) is -1.44. The van der Waals surface area contributed by atoms with Crippen LogP contribution in [0.2, 0.25) is 0 Å². The Labute approximate surface area is 90.2 Å². The van der Waals surface area contributed by atoms with Crippen molar-refractivity contribution in [3.05, 3.63) is 42.1 Å². The third-order valence-corrected chi connectivity index (χ3v) is 2.13. The van der Waals surface area contributed by atoms with Gasteiger partial charge >= 0.3 is 0 Å². The molecule has 0 atom stereocenters. The van der Waals surface area contributed by atoms with Crippen LogP contribution in [0, 0.1) is 11.6 Å². The third-order valence-electron chi connectivity index (χ3n) is 2.13. The van der Waals surface area contributed by atoms with Crippen molar-refractivity contribution in [2.75, 3.05) is 5.73 Å². The number of halogens is 2. The smallest absolute Gasteiger partial charge is 0.149 e. The van der Waals surface area contributed by atoms with E-state index in [0.29, 0.717) is 0 Å². The summed E-state index contributed by atoms with van der Waals surface area (Å²) in [6.45, 7) is 0. The molecule has 0 spiro atoms. The van der Waals surface area contributed by atoms with Gasteiger partial charge in [0.1, 0.15) is 23.2 Å². The highest BCUT2D eigenvalue weighted by atomic mass is 19.1. The average Bonchev–Trinajstić information content (AvgIpc) is 2.22. The third kappa shape index (κ3) is 1.79. The second-order valence-corrected chi connectivity index (χ2v) is 3.25. The summed E-state index contributed by atoms with van der Waals surface area (Å²) in [5, 5.41) is 9.49. The largest absolute Gasteiger partial charge is 0.507 e. The first-order valence-corrected chi connectivity index (χ1v) is 4.48. The van der Waals surface area contributed by atoms with Crippen molar-refractivity contribution < 1.29 is 13.9 Å². The molecule has 0 bridgehead atoms. The Morgan fingerprint density at radius 2 is 1.88 bits per heavy atom. The topological polar surface area (TPSA) is 59.1 Å². The highest BCUT2D eigenvalue weighted by Gasteiger charge is 2.11. The number of phenols is 1. The molecule has 82 valence electrons. The summed E-state index contributed by atoms with van der Waals surface area (Å²) >= 11 is 0. The molecule has 5 heteroatoms. The van der Waals surface area contributed by atoms with Crippen molar-refractivity contribution in [2.24, 2.45) is 0 Å². The quantitative estimate of drug-likeness (QED) is 0.778. The van der Waals surface area contributed by atoms with Gasteiger partial charge in [0.2, 0.25) is 0 Å². The Bertz CT molecular complexity index is 544. The van der Waals surface area contributed by atoms with Crippen molar-refractivity contribution in [3.63, 3.8) is 0 Å². The molecule has 0 amide bonds. The summed E-state index contributed by atoms with van der Waals surface area (Å²) in [6, 6.07) is 4.60. The zero-order valence-corrected chi connectivity index (χ0v) is 8.11. The number of aromatic nitrogens is 1. The summed E-state index contributed by atoms with van der Waals surface area (Å²) < 4.78 is 26.2. The lowest BCUT2D eigenvalue weighted by atomic mass is 10.1. The second kappa shape index (κ2) is 3.77. The summed E-state index contributed by atoms with van der Waals surface area (Å²) in [7, 11) is 0. The molecule has 0 radical (unpaired) electrons. The molecule has 3 N–H and O–H groups in total. The molecule has 2 aromatic rings. The Kier molecular flexibility index (Phi) is 2.44. The van der Waals surface area contributed by atoms with E-state index in [4.69, 9.17) is 5.73 Å². The van der Waals surface area contributed by atoms with Gasteiger partial charge in [-0.15, -0.1) is 0 Å². The number of rotatable bonds is 1. The van der Waals surface area contributed by atoms with Gasteiger partial charge in [0.25, 0.3) is 0 Å². The molecule has 0 aliphatic rings. The van der Waals surface area contributed by atoms with Crippen LogP contribution in [0.1, 0.15) is 0 Å². The number of nitrogen functional groups attached to an aromatic ring is 1. The minimum atomic E-state index is -0.629. The van der Waals surface area contributed by atoms with Gasteiger partial charge in [-0.05, 0) is 18.2 Å². The first kappa shape index (κ1) is 10.4. The Morgan fingerprint density at radius 1 is 1.12 bits per heavy atom. The molecule has 0 saturated carbocycles. The van der Waals surface area contributed by atoms with E-state index >= 15 is 0 Å². The summed E-state index contributed by atoms with van der Waals surface area (Å²) in [4.78, 5) is 3.56. The van der Waals surface area contributed by atoms with Crippen LogP contribution in [0.25, 0.3) is 11.1 Å². The van der Waals surface area contributed by atoms with Crippen LogP contribution < -0.4 is 5.73 Å². The fraction of sp³-hybridized carbons (Fsp3) is 0. The SMILES string of the molecule is Nc1cc(-c2ccc(F)cc2O)c(F)cn1. The number of anilines is 1. The summed E-state index contributed by atoms with van der Waals surface area (Å²) in [6.07, 6.45) is 0.952. The van der Waals surface area contributed by atoms with E-state index in [1.54, 1.807) is 0 Å². The highest BCUT2D eigenvalue weighted by Crippen LogP contribution is 2.31. The maximum atomic E-state index is 13.4. The minimum Gasteiger partial charge on any atom is -0.507 e. The molecule has 0 aliphatic heterocycles. The molecule has 16 heavy (non-hydrogen) atoms. The average molecular weight is 222 g/mol. The van der Waals surface area contributed by atoms with Crippen molar-refractivity contribution in [1.82, 2.24) is 4.98 Å². The first-order chi connectivity index (χ1) is 7.58. The molecule has 1 heterocycles. The van der Waals surface area contributed by atoms with Crippen LogP contribution in [-0.2, 0) is 0 Å². The predicted molar refractivity (Wildman–Crippen MR) is 55.7 cm³/mol. The van der Waals surface area contributed by atoms with Gasteiger partial charge < -0.3 is 10.8 Å². The molecule has 3 nitrogen and oxygen atoms in total. The molecule has 0 aliphatic carbocycles. The van der Waals surface area contributed by atoms with Gasteiger partial charge in [-0.3, -0.25) is 0 Å². The Balaban J connectivity index is 2.62. The van der Waals surface area contributed by atoms with Gasteiger partial charge in [-0.1, -0.05) is 0 Å². The normalized spacial score (nSPS) is 10.4. The van der Waals surface area contributed by atoms with Crippen LogP contribution in [0.15, 0.2) is 30.5 Å². The number of nitrogens with zero attached hydrogens (tertiary/aromatic N) is 1. The predicted octanol–water partition coefficient (Wildman–Crippen LogP) is 2.31. The number of aromatic hydroxyl groups is 1. The second-order valence-electron chi connectivity index (χ2n) is 3.25. The molecule has 1 aromatic heterocycles. The fourth-order valence-corrected chi connectivity index (χ4v) is 1.39. The fourth-order valence-electron chi connectivity index (χ4n) is 1.39. The van der Waals surface area contributed by atoms with Gasteiger partial charge in [0, 0.05) is 17.2 Å². The standard InChI is InChI=1S/C11H8F2N2O/c12-6-1-2-7(10(16)3-6)8-4-11(14)15-5-9(8)13/h1-5,16H,(H2,14,15). The van der Waals surface area contributed by atoms with Crippen molar-refractivity contribution >= 4 is 5.82 Å². The lowest BCUT2D eigenvalue weighted by Gasteiger charge is -2.06. The van der Waals surface area contributed by atoms with Crippen LogP contribution in [0.3, 0.4) is 0 Å². The molecule has 0 unspecified atom stereocenters. The van der Waals surface area contributed by atoms with E-state index in [2.05, 4.69) is 4.98 Å². The molecule has 0 saturated heterocycles. The molecule has 2 rings (SSSR count). The van der Waals surface area contributed by atoms with Crippen molar-refractivity contribution in [1.29, 1.82) is 0 Å². The van der Waals surface area contributed by atoms with E-state index < -0.39 is 11.6 Å². The van der Waals surface area contributed by atoms with Gasteiger partial charge in [0.15, 0.2) is 0 Å². The Hall–Kier alpha value is -2.17. The van der Waals surface area contributed by atoms with Crippen molar-refractivity contribution in [3.8, 4) is 16.9 Å². The van der Waals surface area contributed by atoms with Crippen LogP contribution in [0.5, 0.6) is 5.75 Å². The molecular weight excluding hydrogens is 214 g/mol. The monoisotopic (exact) mass is 222 g/mol. The number of hydrogen-bond donors (Lipinski definition) is 2. The van der Waals surface area contributed by atoms with Gasteiger partial charge in [-0.25, -0.2) is 13.8 Å². The van der Waals surface area contributed by atoms with E-state index in [-0.39, 0.29) is 22.7 Å². The van der Waals surface area contributed by atoms with E-state index in [0.717, 1.165) is 18.3 Å². The van der Waals surface area contributed by atoms with Crippen LogP contribution in [-0.4, -0.2) is 10.1 Å². The molecular formula is C11H8F2N2O. The van der Waals surface area contributed by atoms with Crippen LogP contribution in [0.4, 0.5) is 14.6 Å². The maximum absolute atomic E-state index is 13.4. The first-order valence-electron chi connectivity index (χ1n) is 4.48.